The van der Waals surface area contributed by atoms with Gasteiger partial charge in [-0.15, -0.1) is 0 Å². The number of aryl methyl sites for hydroxylation is 1. The predicted octanol–water partition coefficient (Wildman–Crippen LogP) is 4.83. The molecule has 1 aromatic heterocycles. The van der Waals surface area contributed by atoms with Gasteiger partial charge in [0.2, 0.25) is 0 Å². The lowest BCUT2D eigenvalue weighted by molar-refractivity contribution is 0.262. The molecule has 0 unspecified atom stereocenters. The summed E-state index contributed by atoms with van der Waals surface area (Å²) in [4.78, 5) is 20.3. The molecule has 0 atom stereocenters. The average Bonchev–Trinajstić information content (AvgIpc) is 2.57. The highest BCUT2D eigenvalue weighted by Crippen LogP contribution is 2.19. The molecule has 3 rings (SSSR count). The molecule has 2 aromatic carbocycles. The minimum atomic E-state index is -0.336. The molecule has 0 saturated carbocycles. The van der Waals surface area contributed by atoms with E-state index in [4.69, 9.17) is 11.6 Å². The lowest BCUT2D eigenvalue weighted by Crippen LogP contribution is -2.19. The number of benzene rings is 2. The molecule has 2 amide bonds. The van der Waals surface area contributed by atoms with Crippen LogP contribution in [0.25, 0.3) is 0 Å². The number of halogens is 1. The van der Waals surface area contributed by atoms with Gasteiger partial charge in [-0.05, 0) is 49.4 Å². The highest BCUT2D eigenvalue weighted by atomic mass is 35.5. The van der Waals surface area contributed by atoms with Crippen LogP contribution >= 0.6 is 11.6 Å². The van der Waals surface area contributed by atoms with Crippen molar-refractivity contribution in [2.75, 3.05) is 16.0 Å². The number of nitrogens with one attached hydrogen (secondary N) is 3. The van der Waals surface area contributed by atoms with Crippen molar-refractivity contribution in [1.82, 2.24) is 9.97 Å². The highest BCUT2D eigenvalue weighted by molar-refractivity contribution is 6.30. The van der Waals surface area contributed by atoms with Crippen LogP contribution in [0, 0.1) is 6.92 Å². The summed E-state index contributed by atoms with van der Waals surface area (Å²) in [6.07, 6.45) is 1.50. The van der Waals surface area contributed by atoms with Gasteiger partial charge < -0.3 is 16.0 Å². The normalized spacial score (nSPS) is 10.2. The minimum absolute atomic E-state index is 0.336. The third-order valence-electron chi connectivity index (χ3n) is 3.30. The van der Waals surface area contributed by atoms with E-state index in [9.17, 15) is 4.79 Å². The Kier molecular flexibility index (Phi) is 5.11. The van der Waals surface area contributed by atoms with Crippen molar-refractivity contribution < 1.29 is 4.79 Å². The SMILES string of the molecule is Cc1cc(Nc2cccc(NC(=O)Nc3ccc(Cl)cc3)c2)ncn1. The standard InChI is InChI=1S/C18H16ClN5O/c1-12-9-17(21-11-20-12)22-15-3-2-4-16(10-15)24-18(25)23-14-7-5-13(19)6-8-14/h2-11H,1H3,(H,20,21,22)(H2,23,24,25). The van der Waals surface area contributed by atoms with Crippen LogP contribution in [0.15, 0.2) is 60.9 Å². The molecule has 7 heteroatoms. The van der Waals surface area contributed by atoms with Crippen molar-refractivity contribution in [1.29, 1.82) is 0 Å². The zero-order valence-corrected chi connectivity index (χ0v) is 14.2. The zero-order chi connectivity index (χ0) is 17.6. The molecule has 3 aromatic rings. The van der Waals surface area contributed by atoms with Gasteiger partial charge >= 0.3 is 6.03 Å². The monoisotopic (exact) mass is 353 g/mol. The number of aromatic nitrogens is 2. The second-order valence-electron chi connectivity index (χ2n) is 5.34. The second-order valence-corrected chi connectivity index (χ2v) is 5.77. The molecule has 126 valence electrons. The van der Waals surface area contributed by atoms with Gasteiger partial charge in [0.15, 0.2) is 0 Å². The van der Waals surface area contributed by atoms with Crippen molar-refractivity contribution in [3.8, 4) is 0 Å². The quantitative estimate of drug-likeness (QED) is 0.628. The first-order chi connectivity index (χ1) is 12.1. The summed E-state index contributed by atoms with van der Waals surface area (Å²) in [5.74, 6) is 0.690. The lowest BCUT2D eigenvalue weighted by atomic mass is 10.2. The van der Waals surface area contributed by atoms with E-state index < -0.39 is 0 Å². The van der Waals surface area contributed by atoms with Crippen LogP contribution < -0.4 is 16.0 Å². The van der Waals surface area contributed by atoms with E-state index in [2.05, 4.69) is 25.9 Å². The maximum atomic E-state index is 12.1. The molecule has 0 bridgehead atoms. The Labute approximate surface area is 150 Å². The van der Waals surface area contributed by atoms with Crippen molar-refractivity contribution >= 4 is 40.5 Å². The molecule has 25 heavy (non-hydrogen) atoms. The fourth-order valence-corrected chi connectivity index (χ4v) is 2.30. The number of hydrogen-bond donors (Lipinski definition) is 3. The molecule has 0 radical (unpaired) electrons. The first-order valence-electron chi connectivity index (χ1n) is 7.58. The van der Waals surface area contributed by atoms with E-state index in [1.54, 1.807) is 30.3 Å². The zero-order valence-electron chi connectivity index (χ0n) is 13.5. The van der Waals surface area contributed by atoms with E-state index in [1.165, 1.54) is 6.33 Å². The maximum absolute atomic E-state index is 12.1. The van der Waals surface area contributed by atoms with E-state index in [0.717, 1.165) is 11.4 Å². The van der Waals surface area contributed by atoms with Crippen LogP contribution in [0.2, 0.25) is 5.02 Å². The Morgan fingerprint density at radius 1 is 0.920 bits per heavy atom. The summed E-state index contributed by atoms with van der Waals surface area (Å²) in [6, 6.07) is 15.8. The summed E-state index contributed by atoms with van der Waals surface area (Å²) in [5.41, 5.74) is 2.99. The fourth-order valence-electron chi connectivity index (χ4n) is 2.17. The molecule has 0 fully saturated rings. The van der Waals surface area contributed by atoms with Crippen LogP contribution in [0.4, 0.5) is 27.7 Å². The molecule has 0 aliphatic heterocycles. The van der Waals surface area contributed by atoms with Gasteiger partial charge in [-0.2, -0.15) is 0 Å². The van der Waals surface area contributed by atoms with E-state index in [-0.39, 0.29) is 6.03 Å². The Bertz CT molecular complexity index is 883. The van der Waals surface area contributed by atoms with Crippen LogP contribution in [-0.2, 0) is 0 Å². The number of nitrogens with zero attached hydrogens (tertiary/aromatic N) is 2. The van der Waals surface area contributed by atoms with Crippen molar-refractivity contribution in [2.24, 2.45) is 0 Å². The van der Waals surface area contributed by atoms with Gasteiger partial charge in [0.25, 0.3) is 0 Å². The van der Waals surface area contributed by atoms with Gasteiger partial charge in [0.1, 0.15) is 12.1 Å². The molecule has 0 aliphatic carbocycles. The molecule has 6 nitrogen and oxygen atoms in total. The first-order valence-corrected chi connectivity index (χ1v) is 7.95. The summed E-state index contributed by atoms with van der Waals surface area (Å²) >= 11 is 5.83. The van der Waals surface area contributed by atoms with Gasteiger partial charge in [-0.1, -0.05) is 17.7 Å². The summed E-state index contributed by atoms with van der Waals surface area (Å²) in [5, 5.41) is 9.32. The highest BCUT2D eigenvalue weighted by Gasteiger charge is 2.04. The summed E-state index contributed by atoms with van der Waals surface area (Å²) in [7, 11) is 0. The first kappa shape index (κ1) is 16.7. The lowest BCUT2D eigenvalue weighted by Gasteiger charge is -2.10. The minimum Gasteiger partial charge on any atom is -0.340 e. The molecule has 1 heterocycles. The van der Waals surface area contributed by atoms with Crippen LogP contribution in [-0.4, -0.2) is 16.0 Å². The van der Waals surface area contributed by atoms with E-state index in [1.807, 2.05) is 31.2 Å². The van der Waals surface area contributed by atoms with Crippen molar-refractivity contribution in [3.05, 3.63) is 71.6 Å². The van der Waals surface area contributed by atoms with E-state index >= 15 is 0 Å². The third-order valence-corrected chi connectivity index (χ3v) is 3.55. The van der Waals surface area contributed by atoms with Gasteiger partial charge in [0.05, 0.1) is 0 Å². The van der Waals surface area contributed by atoms with Gasteiger partial charge in [-0.25, -0.2) is 14.8 Å². The molecule has 0 spiro atoms. The Morgan fingerprint density at radius 2 is 1.64 bits per heavy atom. The molecular formula is C18H16ClN5O. The smallest absolute Gasteiger partial charge is 0.323 e. The Balaban J connectivity index is 1.64. The molecular weight excluding hydrogens is 338 g/mol. The number of amides is 2. The van der Waals surface area contributed by atoms with Crippen molar-refractivity contribution in [3.63, 3.8) is 0 Å². The fraction of sp³-hybridized carbons (Fsp3) is 0.0556. The third kappa shape index (κ3) is 4.92. The number of rotatable bonds is 4. The number of carbonyl (C=O) groups is 1. The Hall–Kier alpha value is -3.12. The number of carbonyl (C=O) groups excluding carboxylic acids is 1. The van der Waals surface area contributed by atoms with Gasteiger partial charge in [-0.3, -0.25) is 0 Å². The van der Waals surface area contributed by atoms with Crippen LogP contribution in [0.1, 0.15) is 5.69 Å². The average molecular weight is 354 g/mol. The molecule has 0 aliphatic rings. The molecule has 3 N–H and O–H groups in total. The topological polar surface area (TPSA) is 78.9 Å². The van der Waals surface area contributed by atoms with Crippen LogP contribution in [0.5, 0.6) is 0 Å². The summed E-state index contributed by atoms with van der Waals surface area (Å²) < 4.78 is 0. The van der Waals surface area contributed by atoms with Crippen LogP contribution in [0.3, 0.4) is 0 Å². The maximum Gasteiger partial charge on any atom is 0.323 e. The van der Waals surface area contributed by atoms with E-state index in [0.29, 0.717) is 22.2 Å². The van der Waals surface area contributed by atoms with Crippen molar-refractivity contribution in [2.45, 2.75) is 6.92 Å². The molecule has 0 saturated heterocycles. The second kappa shape index (κ2) is 7.63. The number of hydrogen-bond acceptors (Lipinski definition) is 4. The largest absolute Gasteiger partial charge is 0.340 e. The summed E-state index contributed by atoms with van der Waals surface area (Å²) in [6.45, 7) is 1.89. The number of anilines is 4. The number of urea groups is 1. The Morgan fingerprint density at radius 3 is 2.40 bits per heavy atom. The van der Waals surface area contributed by atoms with Gasteiger partial charge in [0, 0.05) is 33.8 Å². The predicted molar refractivity (Wildman–Crippen MR) is 101 cm³/mol.